The topological polar surface area (TPSA) is 166 Å². The summed E-state index contributed by atoms with van der Waals surface area (Å²) in [7, 11) is 2.96. The van der Waals surface area contributed by atoms with E-state index in [1.165, 1.54) is 35.7 Å². The summed E-state index contributed by atoms with van der Waals surface area (Å²) >= 11 is 5.75. The molecular weight excluding hydrogens is 570 g/mol. The molecular formula is C28H46ClN5O8. The number of rotatable bonds is 5. The van der Waals surface area contributed by atoms with Crippen LogP contribution >= 0.6 is 11.6 Å². The van der Waals surface area contributed by atoms with E-state index in [1.54, 1.807) is 27.7 Å². The van der Waals surface area contributed by atoms with Crippen molar-refractivity contribution in [3.63, 3.8) is 0 Å². The van der Waals surface area contributed by atoms with E-state index in [1.807, 2.05) is 0 Å². The van der Waals surface area contributed by atoms with Gasteiger partial charge in [0, 0.05) is 39.5 Å². The highest BCUT2D eigenvalue weighted by Gasteiger charge is 2.42. The Morgan fingerprint density at radius 2 is 1.60 bits per heavy atom. The normalized spacial score (nSPS) is 28.6. The number of carbonyl (C=O) groups excluding carboxylic acids is 6. The third kappa shape index (κ3) is 8.56. The van der Waals surface area contributed by atoms with Gasteiger partial charge in [-0.1, -0.05) is 27.7 Å². The van der Waals surface area contributed by atoms with Gasteiger partial charge in [-0.05, 0) is 31.6 Å². The summed E-state index contributed by atoms with van der Waals surface area (Å²) in [4.78, 5) is 83.8. The zero-order chi connectivity index (χ0) is 31.9. The van der Waals surface area contributed by atoms with Gasteiger partial charge >= 0.3 is 5.97 Å². The Morgan fingerprint density at radius 3 is 2.17 bits per heavy atom. The van der Waals surface area contributed by atoms with E-state index >= 15 is 0 Å². The fraction of sp³-hybridized carbons (Fsp3) is 0.786. The molecule has 0 aliphatic carbocycles. The number of fused-ring (bicyclic) bond motifs is 1. The van der Waals surface area contributed by atoms with Crippen molar-refractivity contribution in [3.8, 4) is 0 Å². The Labute approximate surface area is 252 Å². The van der Waals surface area contributed by atoms with Crippen molar-refractivity contribution in [2.75, 3.05) is 33.1 Å². The lowest BCUT2D eigenvalue weighted by atomic mass is 9.97. The summed E-state index contributed by atoms with van der Waals surface area (Å²) < 4.78 is 5.42. The molecule has 6 unspecified atom stereocenters. The molecule has 13 nitrogen and oxygen atoms in total. The predicted molar refractivity (Wildman–Crippen MR) is 154 cm³/mol. The number of cyclic esters (lactones) is 1. The first-order chi connectivity index (χ1) is 19.6. The number of alkyl halides is 1. The average molecular weight is 616 g/mol. The van der Waals surface area contributed by atoms with Crippen LogP contribution in [-0.2, 0) is 33.5 Å². The van der Waals surface area contributed by atoms with Gasteiger partial charge in [-0.3, -0.25) is 28.8 Å². The highest BCUT2D eigenvalue weighted by Crippen LogP contribution is 2.23. The van der Waals surface area contributed by atoms with E-state index in [9.17, 15) is 33.9 Å². The highest BCUT2D eigenvalue weighted by atomic mass is 35.5. The maximum absolute atomic E-state index is 13.8. The first-order valence-corrected chi connectivity index (χ1v) is 15.0. The van der Waals surface area contributed by atoms with Crippen LogP contribution in [0, 0.1) is 11.8 Å². The Morgan fingerprint density at radius 1 is 0.952 bits per heavy atom. The number of hydrogen-bond donors (Lipinski definition) is 3. The summed E-state index contributed by atoms with van der Waals surface area (Å²) in [6.45, 7) is 8.71. The molecule has 238 valence electrons. The third-order valence-electron chi connectivity index (χ3n) is 7.87. The number of aliphatic hydroxyl groups excluding tert-OH is 1. The van der Waals surface area contributed by atoms with Crippen LogP contribution in [0.5, 0.6) is 0 Å². The van der Waals surface area contributed by atoms with E-state index < -0.39 is 71.9 Å². The molecule has 0 spiro atoms. The van der Waals surface area contributed by atoms with Crippen molar-refractivity contribution < 1.29 is 38.6 Å². The molecule has 3 N–H and O–H groups in total. The van der Waals surface area contributed by atoms with Gasteiger partial charge in [-0.2, -0.15) is 0 Å². The SMILES string of the molecule is CC(C)C1NC(=O)C2CCCN2C(=O)C(CC(O)CCl)OC(=O)CCNC(=O)C(C)N(C)C(=O)C(C(C)C)N(C)C1=O. The van der Waals surface area contributed by atoms with Gasteiger partial charge in [-0.25, -0.2) is 0 Å². The number of aliphatic hydroxyl groups is 1. The summed E-state index contributed by atoms with van der Waals surface area (Å²) in [5, 5.41) is 15.5. The Bertz CT molecular complexity index is 1020. The van der Waals surface area contributed by atoms with Crippen LogP contribution < -0.4 is 10.6 Å². The van der Waals surface area contributed by atoms with Gasteiger partial charge in [-0.15, -0.1) is 11.6 Å². The number of amides is 5. The molecule has 2 rings (SSSR count). The highest BCUT2D eigenvalue weighted by molar-refractivity contribution is 6.18. The van der Waals surface area contributed by atoms with Crippen molar-refractivity contribution >= 4 is 47.1 Å². The molecule has 2 aliphatic rings. The van der Waals surface area contributed by atoms with Crippen molar-refractivity contribution in [1.29, 1.82) is 0 Å². The number of nitrogens with zero attached hydrogens (tertiary/aromatic N) is 3. The lowest BCUT2D eigenvalue weighted by Crippen LogP contribution is -2.60. The number of hydrogen-bond acceptors (Lipinski definition) is 8. The van der Waals surface area contributed by atoms with Crippen LogP contribution in [0.1, 0.15) is 60.3 Å². The van der Waals surface area contributed by atoms with Crippen molar-refractivity contribution in [2.45, 2.75) is 96.7 Å². The molecule has 6 atom stereocenters. The van der Waals surface area contributed by atoms with E-state index in [-0.39, 0.29) is 43.6 Å². The van der Waals surface area contributed by atoms with Crippen molar-refractivity contribution in [1.82, 2.24) is 25.3 Å². The second-order valence-corrected chi connectivity index (χ2v) is 12.1. The molecule has 0 aromatic rings. The fourth-order valence-electron chi connectivity index (χ4n) is 5.24. The first kappa shape index (κ1) is 35.3. The number of likely N-dealkylation sites (N-methyl/N-ethyl adjacent to an activating group) is 2. The Balaban J connectivity index is 2.51. The second-order valence-electron chi connectivity index (χ2n) is 11.7. The first-order valence-electron chi connectivity index (χ1n) is 14.5. The number of ether oxygens (including phenoxy) is 1. The maximum atomic E-state index is 13.8. The molecule has 0 aromatic carbocycles. The van der Waals surface area contributed by atoms with E-state index in [2.05, 4.69) is 10.6 Å². The van der Waals surface area contributed by atoms with Crippen LogP contribution in [-0.4, -0.2) is 125 Å². The lowest BCUT2D eigenvalue weighted by molar-refractivity contribution is -0.163. The van der Waals surface area contributed by atoms with Crippen molar-refractivity contribution in [2.24, 2.45) is 11.8 Å². The van der Waals surface area contributed by atoms with Crippen LogP contribution in [0.4, 0.5) is 0 Å². The Hall–Kier alpha value is -2.93. The zero-order valence-electron chi connectivity index (χ0n) is 25.6. The summed E-state index contributed by atoms with van der Waals surface area (Å²) in [5.41, 5.74) is 0. The smallest absolute Gasteiger partial charge is 0.308 e. The predicted octanol–water partition coefficient (Wildman–Crippen LogP) is -0.130. The molecule has 2 fully saturated rings. The number of esters is 1. The van der Waals surface area contributed by atoms with Gasteiger partial charge in [0.05, 0.1) is 12.5 Å². The molecule has 0 saturated carbocycles. The van der Waals surface area contributed by atoms with Gasteiger partial charge in [0.1, 0.15) is 24.2 Å². The Kier molecular flexibility index (Phi) is 13.0. The van der Waals surface area contributed by atoms with Crippen LogP contribution in [0.3, 0.4) is 0 Å². The molecule has 14 heteroatoms. The molecule has 2 aliphatic heterocycles. The maximum Gasteiger partial charge on any atom is 0.308 e. The molecule has 2 heterocycles. The molecule has 5 amide bonds. The summed E-state index contributed by atoms with van der Waals surface area (Å²) in [6.07, 6.45) is -2.27. The van der Waals surface area contributed by atoms with Crippen molar-refractivity contribution in [3.05, 3.63) is 0 Å². The number of halogens is 1. The largest absolute Gasteiger partial charge is 0.452 e. The van der Waals surface area contributed by atoms with Gasteiger partial charge in [0.25, 0.3) is 5.91 Å². The van der Waals surface area contributed by atoms with E-state index in [0.717, 1.165) is 0 Å². The van der Waals surface area contributed by atoms with Crippen LogP contribution in [0.2, 0.25) is 0 Å². The molecule has 0 radical (unpaired) electrons. The van der Waals surface area contributed by atoms with E-state index in [0.29, 0.717) is 12.8 Å². The van der Waals surface area contributed by atoms with E-state index in [4.69, 9.17) is 16.3 Å². The zero-order valence-corrected chi connectivity index (χ0v) is 26.3. The second kappa shape index (κ2) is 15.5. The summed E-state index contributed by atoms with van der Waals surface area (Å²) in [6, 6.07) is -3.79. The monoisotopic (exact) mass is 615 g/mol. The lowest BCUT2D eigenvalue weighted by Gasteiger charge is -2.37. The standard InChI is InChI=1S/C28H46ClN5O8/c1-15(2)22-27(40)33(7)23(16(3)4)28(41)32(6)17(5)24(37)30-11-10-21(36)42-20(13-18(35)14-29)26(39)34-12-8-9-19(34)25(38)31-22/h15-20,22-23,35H,8-14H2,1-7H3,(H,30,37)(H,31,38). The number of carbonyl (C=O) groups is 6. The molecule has 2 saturated heterocycles. The van der Waals surface area contributed by atoms with Crippen LogP contribution in [0.15, 0.2) is 0 Å². The minimum Gasteiger partial charge on any atom is -0.452 e. The fourth-order valence-corrected chi connectivity index (χ4v) is 5.37. The molecule has 42 heavy (non-hydrogen) atoms. The van der Waals surface area contributed by atoms with Crippen LogP contribution in [0.25, 0.3) is 0 Å². The minimum atomic E-state index is -1.40. The van der Waals surface area contributed by atoms with Gasteiger partial charge < -0.3 is 35.2 Å². The van der Waals surface area contributed by atoms with Gasteiger partial charge in [0.15, 0.2) is 6.10 Å². The molecule has 0 bridgehead atoms. The quantitative estimate of drug-likeness (QED) is 0.284. The molecule has 0 aromatic heterocycles. The third-order valence-corrected chi connectivity index (χ3v) is 8.22. The minimum absolute atomic E-state index is 0.125. The summed E-state index contributed by atoms with van der Waals surface area (Å²) in [5.74, 6) is -4.34. The number of nitrogens with one attached hydrogen (secondary N) is 2. The van der Waals surface area contributed by atoms with Gasteiger partial charge in [0.2, 0.25) is 23.6 Å². The average Bonchev–Trinajstić information content (AvgIpc) is 3.43.